The summed E-state index contributed by atoms with van der Waals surface area (Å²) in [6, 6.07) is 5.92. The van der Waals surface area contributed by atoms with Crippen molar-refractivity contribution in [3.05, 3.63) is 52.7 Å². The number of hydrogen-bond acceptors (Lipinski definition) is 3. The van der Waals surface area contributed by atoms with Gasteiger partial charge < -0.3 is 20.2 Å². The number of halogens is 2. The van der Waals surface area contributed by atoms with Crippen LogP contribution in [0.3, 0.4) is 0 Å². The molecule has 1 heterocycles. The molecule has 3 N–H and O–H groups in total. The zero-order valence-corrected chi connectivity index (χ0v) is 11.3. The molecule has 0 aliphatic carbocycles. The minimum absolute atomic E-state index is 0.00798. The molecule has 2 amide bonds. The largest absolute Gasteiger partial charge is 0.475 e. The van der Waals surface area contributed by atoms with E-state index in [-0.39, 0.29) is 17.3 Å². The SMILES string of the molecule is O=C(NCc1ccc(C(=O)O)o1)Nc1ccc(F)c(Cl)c1. The number of nitrogens with one attached hydrogen (secondary N) is 2. The van der Waals surface area contributed by atoms with Gasteiger partial charge in [0.25, 0.3) is 0 Å². The summed E-state index contributed by atoms with van der Waals surface area (Å²) in [6.45, 7) is 0.00798. The summed E-state index contributed by atoms with van der Waals surface area (Å²) in [5, 5.41) is 13.5. The van der Waals surface area contributed by atoms with Crippen molar-refractivity contribution in [1.82, 2.24) is 5.32 Å². The summed E-state index contributed by atoms with van der Waals surface area (Å²) in [6.07, 6.45) is 0. The first-order chi connectivity index (χ1) is 9.95. The van der Waals surface area contributed by atoms with E-state index in [4.69, 9.17) is 21.1 Å². The minimum atomic E-state index is -1.19. The lowest BCUT2D eigenvalue weighted by atomic mass is 10.3. The molecule has 0 spiro atoms. The zero-order valence-electron chi connectivity index (χ0n) is 10.5. The first-order valence-corrected chi connectivity index (χ1v) is 6.15. The highest BCUT2D eigenvalue weighted by Gasteiger charge is 2.10. The molecule has 0 bridgehead atoms. The molecule has 0 aliphatic heterocycles. The molecule has 6 nitrogen and oxygen atoms in total. The van der Waals surface area contributed by atoms with Crippen LogP contribution < -0.4 is 10.6 Å². The third-order valence-electron chi connectivity index (χ3n) is 2.47. The fourth-order valence-corrected chi connectivity index (χ4v) is 1.68. The Bertz CT molecular complexity index is 687. The summed E-state index contributed by atoms with van der Waals surface area (Å²) in [4.78, 5) is 22.2. The molecule has 0 saturated carbocycles. The number of furan rings is 1. The Morgan fingerprint density at radius 1 is 1.29 bits per heavy atom. The maximum atomic E-state index is 13.0. The van der Waals surface area contributed by atoms with Crippen molar-refractivity contribution in [2.75, 3.05) is 5.32 Å². The van der Waals surface area contributed by atoms with Gasteiger partial charge in [-0.1, -0.05) is 11.6 Å². The van der Waals surface area contributed by atoms with Gasteiger partial charge >= 0.3 is 12.0 Å². The van der Waals surface area contributed by atoms with Crippen molar-refractivity contribution in [3.63, 3.8) is 0 Å². The average molecular weight is 313 g/mol. The molecule has 21 heavy (non-hydrogen) atoms. The van der Waals surface area contributed by atoms with Crippen molar-refractivity contribution in [1.29, 1.82) is 0 Å². The van der Waals surface area contributed by atoms with Crippen molar-refractivity contribution >= 4 is 29.3 Å². The Morgan fingerprint density at radius 3 is 2.67 bits per heavy atom. The monoisotopic (exact) mass is 312 g/mol. The maximum Gasteiger partial charge on any atom is 0.371 e. The number of benzene rings is 1. The highest BCUT2D eigenvalue weighted by molar-refractivity contribution is 6.31. The molecule has 2 rings (SSSR count). The van der Waals surface area contributed by atoms with E-state index in [1.54, 1.807) is 0 Å². The number of anilines is 1. The van der Waals surface area contributed by atoms with E-state index in [1.165, 1.54) is 24.3 Å². The molecule has 0 fully saturated rings. The number of amides is 2. The van der Waals surface area contributed by atoms with Gasteiger partial charge in [0.2, 0.25) is 5.76 Å². The van der Waals surface area contributed by atoms with E-state index in [2.05, 4.69) is 10.6 Å². The lowest BCUT2D eigenvalue weighted by Gasteiger charge is -2.07. The molecule has 1 aromatic carbocycles. The Kier molecular flexibility index (Phi) is 4.44. The quantitative estimate of drug-likeness (QED) is 0.809. The molecular weight excluding hydrogens is 303 g/mol. The van der Waals surface area contributed by atoms with Crippen molar-refractivity contribution < 1.29 is 23.5 Å². The third-order valence-corrected chi connectivity index (χ3v) is 2.76. The Balaban J connectivity index is 1.89. The standard InChI is InChI=1S/C13H10ClFN2O4/c14-9-5-7(1-3-10(9)15)17-13(20)16-6-8-2-4-11(21-8)12(18)19/h1-5H,6H2,(H,18,19)(H2,16,17,20). The first-order valence-electron chi connectivity index (χ1n) is 5.77. The second-order valence-corrected chi connectivity index (χ2v) is 4.41. The van der Waals surface area contributed by atoms with E-state index >= 15 is 0 Å². The van der Waals surface area contributed by atoms with Crippen molar-refractivity contribution in [2.45, 2.75) is 6.54 Å². The van der Waals surface area contributed by atoms with Crippen LogP contribution in [0.2, 0.25) is 5.02 Å². The lowest BCUT2D eigenvalue weighted by Crippen LogP contribution is -2.28. The lowest BCUT2D eigenvalue weighted by molar-refractivity contribution is 0.0660. The minimum Gasteiger partial charge on any atom is -0.475 e. The summed E-state index contributed by atoms with van der Waals surface area (Å²) >= 11 is 5.59. The first kappa shape index (κ1) is 14.9. The van der Waals surface area contributed by atoms with Gasteiger partial charge in [-0.3, -0.25) is 0 Å². The van der Waals surface area contributed by atoms with Gasteiger partial charge in [-0.05, 0) is 30.3 Å². The van der Waals surface area contributed by atoms with E-state index in [9.17, 15) is 14.0 Å². The van der Waals surface area contributed by atoms with Gasteiger partial charge in [0.05, 0.1) is 11.6 Å². The topological polar surface area (TPSA) is 91.6 Å². The number of hydrogen-bond donors (Lipinski definition) is 3. The Labute approximate surface area is 123 Å². The molecular formula is C13H10ClFN2O4. The fourth-order valence-electron chi connectivity index (χ4n) is 1.50. The van der Waals surface area contributed by atoms with Crippen LogP contribution in [-0.4, -0.2) is 17.1 Å². The van der Waals surface area contributed by atoms with E-state index < -0.39 is 17.8 Å². The van der Waals surface area contributed by atoms with E-state index in [1.807, 2.05) is 0 Å². The Morgan fingerprint density at radius 2 is 2.05 bits per heavy atom. The second kappa shape index (κ2) is 6.27. The van der Waals surface area contributed by atoms with Crippen LogP contribution in [0, 0.1) is 5.82 Å². The average Bonchev–Trinajstić information content (AvgIpc) is 2.90. The van der Waals surface area contributed by atoms with Crippen molar-refractivity contribution in [2.24, 2.45) is 0 Å². The van der Waals surface area contributed by atoms with Crippen LogP contribution in [0.4, 0.5) is 14.9 Å². The number of aromatic carboxylic acids is 1. The number of carboxylic acid groups (broad SMARTS) is 1. The molecule has 0 radical (unpaired) electrons. The van der Waals surface area contributed by atoms with Crippen LogP contribution in [0.1, 0.15) is 16.3 Å². The number of carbonyl (C=O) groups excluding carboxylic acids is 1. The third kappa shape index (κ3) is 3.96. The normalized spacial score (nSPS) is 10.2. The molecule has 0 aliphatic rings. The van der Waals surface area contributed by atoms with Crippen LogP contribution in [0.15, 0.2) is 34.7 Å². The van der Waals surface area contributed by atoms with Gasteiger partial charge in [0, 0.05) is 5.69 Å². The highest BCUT2D eigenvalue weighted by atomic mass is 35.5. The molecule has 0 unspecified atom stereocenters. The molecule has 1 aromatic heterocycles. The molecule has 8 heteroatoms. The van der Waals surface area contributed by atoms with Crippen LogP contribution in [0.25, 0.3) is 0 Å². The van der Waals surface area contributed by atoms with Gasteiger partial charge in [-0.25, -0.2) is 14.0 Å². The number of urea groups is 1. The van der Waals surface area contributed by atoms with Gasteiger partial charge in [-0.2, -0.15) is 0 Å². The molecule has 110 valence electrons. The zero-order chi connectivity index (χ0) is 15.4. The van der Waals surface area contributed by atoms with Gasteiger partial charge in [-0.15, -0.1) is 0 Å². The number of carbonyl (C=O) groups is 2. The molecule has 0 atom stereocenters. The fraction of sp³-hybridized carbons (Fsp3) is 0.0769. The maximum absolute atomic E-state index is 13.0. The van der Waals surface area contributed by atoms with Crippen LogP contribution in [-0.2, 0) is 6.54 Å². The van der Waals surface area contributed by atoms with E-state index in [0.717, 1.165) is 6.07 Å². The van der Waals surface area contributed by atoms with Gasteiger partial charge in [0.1, 0.15) is 11.6 Å². The molecule has 0 saturated heterocycles. The van der Waals surface area contributed by atoms with Crippen molar-refractivity contribution in [3.8, 4) is 0 Å². The second-order valence-electron chi connectivity index (χ2n) is 4.01. The van der Waals surface area contributed by atoms with Crippen LogP contribution >= 0.6 is 11.6 Å². The van der Waals surface area contributed by atoms with Gasteiger partial charge in [0.15, 0.2) is 0 Å². The molecule has 2 aromatic rings. The summed E-state index contributed by atoms with van der Waals surface area (Å²) in [7, 11) is 0. The highest BCUT2D eigenvalue weighted by Crippen LogP contribution is 2.19. The van der Waals surface area contributed by atoms with E-state index in [0.29, 0.717) is 11.4 Å². The Hall–Kier alpha value is -2.54. The summed E-state index contributed by atoms with van der Waals surface area (Å²) in [5.74, 6) is -1.69. The number of rotatable bonds is 4. The summed E-state index contributed by atoms with van der Waals surface area (Å²) < 4.78 is 17.9. The number of carboxylic acids is 1. The smallest absolute Gasteiger partial charge is 0.371 e. The van der Waals surface area contributed by atoms with Crippen LogP contribution in [0.5, 0.6) is 0 Å². The summed E-state index contributed by atoms with van der Waals surface area (Å²) in [5.41, 5.74) is 0.324. The predicted molar refractivity (Wildman–Crippen MR) is 72.9 cm³/mol. The predicted octanol–water partition coefficient (Wildman–Crippen LogP) is 3.09.